The molecular weight excluding hydrogens is 327 g/mol. The summed E-state index contributed by atoms with van der Waals surface area (Å²) < 4.78 is 38.8. The molecular formula is C11H11ClF3N5S. The first kappa shape index (κ1) is 15.8. The van der Waals surface area contributed by atoms with E-state index in [9.17, 15) is 13.2 Å². The Hall–Kier alpha value is -1.58. The maximum absolute atomic E-state index is 12.7. The van der Waals surface area contributed by atoms with E-state index in [1.54, 1.807) is 19.1 Å². The first-order valence-corrected chi connectivity index (χ1v) is 6.93. The van der Waals surface area contributed by atoms with E-state index in [2.05, 4.69) is 15.3 Å². The fourth-order valence-electron chi connectivity index (χ4n) is 1.58. The number of aromatic nitrogens is 2. The van der Waals surface area contributed by atoms with Gasteiger partial charge in [0.2, 0.25) is 5.95 Å². The summed E-state index contributed by atoms with van der Waals surface area (Å²) in [6.45, 7) is 1.78. The number of thiophene rings is 1. The van der Waals surface area contributed by atoms with Gasteiger partial charge < -0.3 is 5.32 Å². The molecule has 4 N–H and O–H groups in total. The summed E-state index contributed by atoms with van der Waals surface area (Å²) in [6, 6.07) is 4.07. The molecule has 0 saturated carbocycles. The molecule has 2 aromatic heterocycles. The minimum absolute atomic E-state index is 0.0160. The molecule has 2 rings (SSSR count). The van der Waals surface area contributed by atoms with Gasteiger partial charge in [-0.3, -0.25) is 5.43 Å². The van der Waals surface area contributed by atoms with Crippen LogP contribution in [0.2, 0.25) is 4.34 Å². The molecule has 1 unspecified atom stereocenters. The number of hydrogen-bond acceptors (Lipinski definition) is 6. The van der Waals surface area contributed by atoms with Crippen molar-refractivity contribution in [3.05, 3.63) is 33.1 Å². The third-order valence-corrected chi connectivity index (χ3v) is 3.94. The zero-order chi connectivity index (χ0) is 15.6. The number of rotatable bonds is 4. The Balaban J connectivity index is 2.27. The number of hydrogen-bond donors (Lipinski definition) is 3. The van der Waals surface area contributed by atoms with Gasteiger partial charge in [0.05, 0.1) is 10.4 Å². The van der Waals surface area contributed by atoms with E-state index < -0.39 is 11.9 Å². The fraction of sp³-hybridized carbons (Fsp3) is 0.273. The van der Waals surface area contributed by atoms with E-state index in [0.717, 1.165) is 10.9 Å². The summed E-state index contributed by atoms with van der Waals surface area (Å²) in [6.07, 6.45) is -4.58. The summed E-state index contributed by atoms with van der Waals surface area (Å²) >= 11 is 7.16. The normalized spacial score (nSPS) is 13.0. The Morgan fingerprint density at radius 1 is 1.33 bits per heavy atom. The zero-order valence-corrected chi connectivity index (χ0v) is 12.3. The first-order chi connectivity index (χ1) is 9.79. The number of anilines is 2. The standard InChI is InChI=1S/C11H11ClF3N5S/c1-5(6-2-3-8(12)21-6)17-9-4-7(11(13,14)15)18-10(19-9)20-16/h2-5H,16H2,1H3,(H2,17,18,19,20). The number of nitrogens with zero attached hydrogens (tertiary/aromatic N) is 2. The Morgan fingerprint density at radius 2 is 2.05 bits per heavy atom. The van der Waals surface area contributed by atoms with Crippen LogP contribution in [0.1, 0.15) is 23.5 Å². The summed E-state index contributed by atoms with van der Waals surface area (Å²) in [5.41, 5.74) is 0.937. The van der Waals surface area contributed by atoms with Gasteiger partial charge in [0.15, 0.2) is 5.69 Å². The van der Waals surface area contributed by atoms with Gasteiger partial charge in [0, 0.05) is 10.9 Å². The van der Waals surface area contributed by atoms with E-state index in [-0.39, 0.29) is 17.8 Å². The summed E-state index contributed by atoms with van der Waals surface area (Å²) in [4.78, 5) is 8.00. The van der Waals surface area contributed by atoms with Crippen LogP contribution in [0.5, 0.6) is 0 Å². The molecule has 0 aliphatic heterocycles. The maximum Gasteiger partial charge on any atom is 0.433 e. The van der Waals surface area contributed by atoms with Crippen LogP contribution in [-0.2, 0) is 6.18 Å². The highest BCUT2D eigenvalue weighted by Crippen LogP contribution is 2.32. The van der Waals surface area contributed by atoms with Crippen LogP contribution in [0.4, 0.5) is 24.9 Å². The van der Waals surface area contributed by atoms with Crippen molar-refractivity contribution in [2.75, 3.05) is 10.7 Å². The fourth-order valence-corrected chi connectivity index (χ4v) is 2.65. The van der Waals surface area contributed by atoms with Crippen LogP contribution in [0.25, 0.3) is 0 Å². The van der Waals surface area contributed by atoms with Gasteiger partial charge >= 0.3 is 6.18 Å². The molecule has 10 heteroatoms. The monoisotopic (exact) mass is 337 g/mol. The molecule has 2 aromatic rings. The smallest absolute Gasteiger partial charge is 0.363 e. The summed E-state index contributed by atoms with van der Waals surface area (Å²) in [5, 5.41) is 2.86. The molecule has 0 radical (unpaired) electrons. The molecule has 0 aliphatic rings. The maximum atomic E-state index is 12.7. The highest BCUT2D eigenvalue weighted by Gasteiger charge is 2.33. The highest BCUT2D eigenvalue weighted by atomic mass is 35.5. The van der Waals surface area contributed by atoms with Gasteiger partial charge in [-0.25, -0.2) is 10.8 Å². The third-order valence-electron chi connectivity index (χ3n) is 2.53. The lowest BCUT2D eigenvalue weighted by Gasteiger charge is -2.15. The average Bonchev–Trinajstić information content (AvgIpc) is 2.84. The molecule has 2 heterocycles. The SMILES string of the molecule is CC(Nc1cc(C(F)(F)F)nc(NN)n1)c1ccc(Cl)s1. The Kier molecular flexibility index (Phi) is 4.55. The summed E-state index contributed by atoms with van der Waals surface area (Å²) in [7, 11) is 0. The van der Waals surface area contributed by atoms with Crippen LogP contribution < -0.4 is 16.6 Å². The van der Waals surface area contributed by atoms with E-state index in [1.165, 1.54) is 11.3 Å². The van der Waals surface area contributed by atoms with Crippen LogP contribution in [0, 0.1) is 0 Å². The minimum Gasteiger partial charge on any atom is -0.363 e. The van der Waals surface area contributed by atoms with Crippen molar-refractivity contribution in [2.45, 2.75) is 19.1 Å². The van der Waals surface area contributed by atoms with E-state index in [4.69, 9.17) is 17.4 Å². The Labute approximate surface area is 127 Å². The predicted octanol–water partition coefficient (Wildman–Crippen LogP) is 3.67. The number of hydrazine groups is 1. The van der Waals surface area contributed by atoms with Crippen molar-refractivity contribution in [3.63, 3.8) is 0 Å². The molecule has 0 fully saturated rings. The number of nitrogens with two attached hydrogens (primary N) is 1. The lowest BCUT2D eigenvalue weighted by Crippen LogP contribution is -2.17. The van der Waals surface area contributed by atoms with E-state index in [1.807, 2.05) is 5.43 Å². The Morgan fingerprint density at radius 3 is 2.57 bits per heavy atom. The molecule has 0 saturated heterocycles. The quantitative estimate of drug-likeness (QED) is 0.586. The third kappa shape index (κ3) is 3.96. The van der Waals surface area contributed by atoms with Gasteiger partial charge in [0.1, 0.15) is 5.82 Å². The molecule has 0 amide bonds. The summed E-state index contributed by atoms with van der Waals surface area (Å²) in [5.74, 6) is 4.79. The van der Waals surface area contributed by atoms with Crippen molar-refractivity contribution >= 4 is 34.7 Å². The van der Waals surface area contributed by atoms with Crippen LogP contribution in [0.3, 0.4) is 0 Å². The average molecular weight is 338 g/mol. The van der Waals surface area contributed by atoms with Crippen molar-refractivity contribution < 1.29 is 13.2 Å². The second kappa shape index (κ2) is 6.04. The second-order valence-corrected chi connectivity index (χ2v) is 5.86. The topological polar surface area (TPSA) is 75.9 Å². The molecule has 21 heavy (non-hydrogen) atoms. The molecule has 5 nitrogen and oxygen atoms in total. The zero-order valence-electron chi connectivity index (χ0n) is 10.7. The van der Waals surface area contributed by atoms with Crippen molar-refractivity contribution in [1.29, 1.82) is 0 Å². The van der Waals surface area contributed by atoms with E-state index in [0.29, 0.717) is 4.34 Å². The van der Waals surface area contributed by atoms with Gasteiger partial charge in [-0.15, -0.1) is 11.3 Å². The van der Waals surface area contributed by atoms with Crippen molar-refractivity contribution in [3.8, 4) is 0 Å². The molecule has 0 bridgehead atoms. The largest absolute Gasteiger partial charge is 0.433 e. The van der Waals surface area contributed by atoms with Crippen LogP contribution in [-0.4, -0.2) is 9.97 Å². The predicted molar refractivity (Wildman–Crippen MR) is 76.2 cm³/mol. The van der Waals surface area contributed by atoms with Crippen LogP contribution in [0.15, 0.2) is 18.2 Å². The van der Waals surface area contributed by atoms with Crippen molar-refractivity contribution in [1.82, 2.24) is 9.97 Å². The lowest BCUT2D eigenvalue weighted by molar-refractivity contribution is -0.141. The van der Waals surface area contributed by atoms with Gasteiger partial charge in [-0.05, 0) is 19.1 Å². The number of nitrogens with one attached hydrogen (secondary N) is 2. The van der Waals surface area contributed by atoms with E-state index >= 15 is 0 Å². The molecule has 1 atom stereocenters. The van der Waals surface area contributed by atoms with Gasteiger partial charge in [-0.2, -0.15) is 18.2 Å². The molecule has 0 spiro atoms. The molecule has 0 aliphatic carbocycles. The van der Waals surface area contributed by atoms with Crippen molar-refractivity contribution in [2.24, 2.45) is 5.84 Å². The number of nitrogen functional groups attached to an aromatic ring is 1. The number of alkyl halides is 3. The lowest BCUT2D eigenvalue weighted by atomic mass is 10.2. The Bertz CT molecular complexity index is 631. The van der Waals surface area contributed by atoms with Gasteiger partial charge in [-0.1, -0.05) is 11.6 Å². The number of halogens is 4. The highest BCUT2D eigenvalue weighted by molar-refractivity contribution is 7.16. The van der Waals surface area contributed by atoms with Gasteiger partial charge in [0.25, 0.3) is 0 Å². The molecule has 114 valence electrons. The first-order valence-electron chi connectivity index (χ1n) is 5.74. The second-order valence-electron chi connectivity index (χ2n) is 4.11. The van der Waals surface area contributed by atoms with Crippen LogP contribution >= 0.6 is 22.9 Å². The minimum atomic E-state index is -4.58. The molecule has 0 aromatic carbocycles.